The molecule has 1 aliphatic heterocycles. The van der Waals surface area contributed by atoms with Gasteiger partial charge in [-0.2, -0.15) is 17.4 Å². The lowest BCUT2D eigenvalue weighted by Crippen LogP contribution is -2.55. The molecule has 12 heteroatoms. The van der Waals surface area contributed by atoms with Crippen LogP contribution in [0.5, 0.6) is 11.5 Å². The summed E-state index contributed by atoms with van der Waals surface area (Å²) in [5.41, 5.74) is 1.63. The van der Waals surface area contributed by atoms with E-state index < -0.39 is 44.6 Å². The summed E-state index contributed by atoms with van der Waals surface area (Å²) in [5, 5.41) is -0.326. The predicted molar refractivity (Wildman–Crippen MR) is 226 cm³/mol. The molecule has 1 aliphatic rings. The number of halogens is 3. The van der Waals surface area contributed by atoms with Crippen molar-refractivity contribution in [1.82, 2.24) is 9.03 Å². The third-order valence-corrected chi connectivity index (χ3v) is 13.8. The molecule has 0 saturated carbocycles. The fourth-order valence-corrected chi connectivity index (χ4v) is 11.3. The van der Waals surface area contributed by atoms with Gasteiger partial charge in [0.25, 0.3) is 10.2 Å². The number of para-hydroxylation sites is 2. The Balaban J connectivity index is 1.27. The van der Waals surface area contributed by atoms with Gasteiger partial charge in [0.1, 0.15) is 23.9 Å². The van der Waals surface area contributed by atoms with Crippen molar-refractivity contribution in [3.05, 3.63) is 203 Å². The van der Waals surface area contributed by atoms with E-state index in [1.807, 2.05) is 103 Å². The Morgan fingerprint density at radius 3 is 1.66 bits per heavy atom. The van der Waals surface area contributed by atoms with E-state index in [9.17, 15) is 21.6 Å². The highest BCUT2D eigenvalue weighted by Crippen LogP contribution is 2.54. The highest BCUT2D eigenvalue weighted by Gasteiger charge is 2.54. The van der Waals surface area contributed by atoms with Gasteiger partial charge in [-0.25, -0.2) is 13.2 Å². The van der Waals surface area contributed by atoms with Crippen molar-refractivity contribution in [3.63, 3.8) is 0 Å². The monoisotopic (exact) mass is 838 g/mol. The molecule has 2 atom stereocenters. The van der Waals surface area contributed by atoms with E-state index >= 15 is 0 Å². The Labute approximate surface area is 348 Å². The Bertz CT molecular complexity index is 2250. The summed E-state index contributed by atoms with van der Waals surface area (Å²) in [6.07, 6.45) is 0.501. The summed E-state index contributed by atoms with van der Waals surface area (Å²) in [7, 11) is -4.24. The summed E-state index contributed by atoms with van der Waals surface area (Å²) < 4.78 is 94.0. The van der Waals surface area contributed by atoms with E-state index in [2.05, 4.69) is 41.1 Å². The first-order valence-electron chi connectivity index (χ1n) is 19.4. The van der Waals surface area contributed by atoms with Crippen LogP contribution in [0.4, 0.5) is 13.2 Å². The molecule has 59 heavy (non-hydrogen) atoms. The largest absolute Gasteiger partial charge is 0.494 e. The number of nitrogens with one attached hydrogen (secondary N) is 1. The lowest BCUT2D eigenvalue weighted by Gasteiger charge is -2.38. The Morgan fingerprint density at radius 2 is 1.14 bits per heavy atom. The average Bonchev–Trinajstić information content (AvgIpc) is 3.63. The zero-order valence-electron chi connectivity index (χ0n) is 32.3. The minimum atomic E-state index is -4.24. The minimum Gasteiger partial charge on any atom is -0.494 e. The molecule has 0 spiro atoms. The third-order valence-electron chi connectivity index (χ3n) is 10.4. The molecule has 0 radical (unpaired) electrons. The first kappa shape index (κ1) is 42.0. The number of thioether (sulfide) groups is 1. The molecule has 0 aromatic heterocycles. The molecule has 306 valence electrons. The zero-order chi connectivity index (χ0) is 41.1. The van der Waals surface area contributed by atoms with Crippen molar-refractivity contribution in [2.24, 2.45) is 0 Å². The molecule has 6 aromatic rings. The van der Waals surface area contributed by atoms with Crippen LogP contribution in [0.1, 0.15) is 35.1 Å². The minimum absolute atomic E-state index is 0.0228. The molecule has 7 rings (SSSR count). The first-order valence-corrected chi connectivity index (χ1v) is 21.7. The molecule has 1 N–H and O–H groups in total. The summed E-state index contributed by atoms with van der Waals surface area (Å²) in [5.74, 6) is -2.27. The second-order valence-electron chi connectivity index (χ2n) is 14.3. The van der Waals surface area contributed by atoms with Gasteiger partial charge in [0.2, 0.25) is 0 Å². The summed E-state index contributed by atoms with van der Waals surface area (Å²) in [4.78, 5) is 0. The van der Waals surface area contributed by atoms with E-state index in [0.717, 1.165) is 22.8 Å². The van der Waals surface area contributed by atoms with Crippen LogP contribution in [0.2, 0.25) is 0 Å². The van der Waals surface area contributed by atoms with Gasteiger partial charge in [0, 0.05) is 36.4 Å². The molecule has 0 bridgehead atoms. The van der Waals surface area contributed by atoms with Crippen LogP contribution >= 0.6 is 11.8 Å². The van der Waals surface area contributed by atoms with Crippen molar-refractivity contribution < 1.29 is 35.8 Å². The number of ether oxygens (including phenoxy) is 3. The van der Waals surface area contributed by atoms with Crippen molar-refractivity contribution in [2.75, 3.05) is 32.9 Å². The lowest BCUT2D eigenvalue weighted by molar-refractivity contribution is 0.0243. The van der Waals surface area contributed by atoms with Gasteiger partial charge >= 0.3 is 0 Å². The summed E-state index contributed by atoms with van der Waals surface area (Å²) in [6, 6.07) is 50.0. The first-order chi connectivity index (χ1) is 28.7. The van der Waals surface area contributed by atoms with Crippen LogP contribution in [0, 0.1) is 17.5 Å². The normalized spacial score (nSPS) is 17.2. The molecular formula is C47H45F3N2O5S2. The summed E-state index contributed by atoms with van der Waals surface area (Å²) in [6.45, 7) is -0.362. The number of nitrogens with zero attached hydrogens (tertiary/aromatic N) is 1. The van der Waals surface area contributed by atoms with Gasteiger partial charge in [-0.05, 0) is 53.4 Å². The van der Waals surface area contributed by atoms with Crippen molar-refractivity contribution in [1.29, 1.82) is 0 Å². The van der Waals surface area contributed by atoms with Crippen molar-refractivity contribution in [3.8, 4) is 11.5 Å². The van der Waals surface area contributed by atoms with Crippen LogP contribution in [-0.2, 0) is 26.3 Å². The number of hydrogen-bond donors (Lipinski definition) is 1. The fourth-order valence-electron chi connectivity index (χ4n) is 7.64. The smallest absolute Gasteiger partial charge is 0.280 e. The van der Waals surface area contributed by atoms with Gasteiger partial charge in [0.05, 0.1) is 30.1 Å². The third kappa shape index (κ3) is 10.0. The molecule has 0 aliphatic carbocycles. The number of benzene rings is 6. The van der Waals surface area contributed by atoms with Gasteiger partial charge in [0.15, 0.2) is 11.6 Å². The Kier molecular flexibility index (Phi) is 13.8. The van der Waals surface area contributed by atoms with E-state index in [4.69, 9.17) is 14.2 Å². The molecule has 0 amide bonds. The van der Waals surface area contributed by atoms with Crippen LogP contribution < -0.4 is 14.2 Å². The van der Waals surface area contributed by atoms with Gasteiger partial charge < -0.3 is 14.2 Å². The van der Waals surface area contributed by atoms with Crippen LogP contribution in [0.3, 0.4) is 0 Å². The maximum atomic E-state index is 14.9. The lowest BCUT2D eigenvalue weighted by atomic mass is 9.84. The highest BCUT2D eigenvalue weighted by molar-refractivity contribution is 8.01. The molecular weight excluding hydrogens is 794 g/mol. The SMILES string of the molecule is O=S(=O)(NCCOc1ccccc1)N1C[C@H](SC(c2ccccc2)(c2ccccc2)c2ccccc2)C[C@@]1(CCOc1ccccc1)COCc1cc(F)c(F)cc1F. The molecule has 6 aromatic carbocycles. The van der Waals surface area contributed by atoms with E-state index in [1.54, 1.807) is 23.9 Å². The van der Waals surface area contributed by atoms with Crippen LogP contribution in [0.15, 0.2) is 164 Å². The average molecular weight is 839 g/mol. The maximum absolute atomic E-state index is 14.9. The molecule has 1 heterocycles. The quantitative estimate of drug-likeness (QED) is 0.0498. The molecule has 0 unspecified atom stereocenters. The van der Waals surface area contributed by atoms with Gasteiger partial charge in [-0.1, -0.05) is 127 Å². The van der Waals surface area contributed by atoms with Gasteiger partial charge in [-0.3, -0.25) is 0 Å². The predicted octanol–water partition coefficient (Wildman–Crippen LogP) is 9.54. The topological polar surface area (TPSA) is 77.1 Å². The fraction of sp³-hybridized carbons (Fsp3) is 0.234. The van der Waals surface area contributed by atoms with Gasteiger partial charge in [-0.15, -0.1) is 11.8 Å². The van der Waals surface area contributed by atoms with E-state index in [1.165, 1.54) is 4.31 Å². The van der Waals surface area contributed by atoms with Crippen LogP contribution in [-0.4, -0.2) is 56.4 Å². The van der Waals surface area contributed by atoms with Crippen molar-refractivity contribution in [2.45, 2.75) is 35.0 Å². The van der Waals surface area contributed by atoms with E-state index in [-0.39, 0.29) is 50.1 Å². The molecule has 1 saturated heterocycles. The van der Waals surface area contributed by atoms with Crippen LogP contribution in [0.25, 0.3) is 0 Å². The second-order valence-corrected chi connectivity index (χ2v) is 17.5. The maximum Gasteiger partial charge on any atom is 0.280 e. The van der Waals surface area contributed by atoms with Crippen molar-refractivity contribution >= 4 is 22.0 Å². The molecule has 1 fully saturated rings. The number of hydrogen-bond acceptors (Lipinski definition) is 6. The number of rotatable bonds is 19. The summed E-state index contributed by atoms with van der Waals surface area (Å²) >= 11 is 1.67. The Morgan fingerprint density at radius 1 is 0.661 bits per heavy atom. The van der Waals surface area contributed by atoms with E-state index in [0.29, 0.717) is 24.0 Å². The zero-order valence-corrected chi connectivity index (χ0v) is 33.9. The highest BCUT2D eigenvalue weighted by atomic mass is 32.2. The second kappa shape index (κ2) is 19.3. The Hall–Kier alpha value is -5.11. The molecule has 7 nitrogen and oxygen atoms in total. The standard InChI is InChI=1S/C47H45F3N2O5S2/c48-43-31-45(50)44(49)30-36(43)34-55-35-46(26-28-56-40-22-12-4-13-23-40)32-42(33-52(46)59(53,54)51-27-29-57-41-24-14-5-15-25-41)58-47(37-16-6-1-7-17-37,38-18-8-2-9-19-38)39-20-10-3-11-21-39/h1-25,30-31,42,51H,26-29,32-35H2/t42-,46+/m1/s1.